The van der Waals surface area contributed by atoms with Gasteiger partial charge in [-0.05, 0) is 63.6 Å². The molecule has 0 aliphatic carbocycles. The number of nitrogens with zero attached hydrogens (tertiary/aromatic N) is 2. The molecule has 53 heavy (non-hydrogen) atoms. The molecule has 6 bridgehead atoms. The first-order valence-electron chi connectivity index (χ1n) is 17.9. The number of rotatable bonds is 7. The lowest BCUT2D eigenvalue weighted by atomic mass is 9.72. The zero-order valence-corrected chi connectivity index (χ0v) is 33.6. The number of methoxy groups -OCH3 is 2. The lowest BCUT2D eigenvalue weighted by Crippen LogP contribution is -2.72. The van der Waals surface area contributed by atoms with Crippen molar-refractivity contribution in [1.29, 1.82) is 0 Å². The summed E-state index contributed by atoms with van der Waals surface area (Å²) in [7, 11) is 6.05. The van der Waals surface area contributed by atoms with Crippen molar-refractivity contribution in [1.82, 2.24) is 10.2 Å². The monoisotopic (exact) mass is 761 g/mol. The number of allylic oxidation sites excluding steroid dienone is 3. The molecule has 7 atom stereocenters. The number of hydrogen-bond acceptors (Lipinski definition) is 10. The second-order valence-corrected chi connectivity index (χ2v) is 16.6. The van der Waals surface area contributed by atoms with Crippen molar-refractivity contribution in [2.45, 2.75) is 128 Å². The number of fused-ring (bicyclic) bond motifs is 6. The van der Waals surface area contributed by atoms with Gasteiger partial charge >= 0.3 is 12.1 Å². The van der Waals surface area contributed by atoms with Gasteiger partial charge in [0.2, 0.25) is 11.8 Å². The van der Waals surface area contributed by atoms with E-state index in [-0.39, 0.29) is 42.0 Å². The average molecular weight is 762 g/mol. The summed E-state index contributed by atoms with van der Waals surface area (Å²) < 4.78 is 29.5. The maximum absolute atomic E-state index is 14.1. The van der Waals surface area contributed by atoms with Crippen LogP contribution in [-0.4, -0.2) is 103 Å². The van der Waals surface area contributed by atoms with E-state index in [1.54, 1.807) is 59.2 Å². The molecule has 294 valence electrons. The minimum atomic E-state index is -1.85. The van der Waals surface area contributed by atoms with E-state index in [1.165, 1.54) is 24.0 Å². The van der Waals surface area contributed by atoms with Gasteiger partial charge in [0.1, 0.15) is 46.3 Å². The summed E-state index contributed by atoms with van der Waals surface area (Å²) in [5.41, 5.74) is -2.17. The number of alkyl carbamates (subject to hydrolysis) is 1. The predicted octanol–water partition coefficient (Wildman–Crippen LogP) is 5.48. The molecule has 0 spiro atoms. The van der Waals surface area contributed by atoms with Crippen LogP contribution in [0.5, 0.6) is 5.75 Å². The second kappa shape index (κ2) is 16.0. The van der Waals surface area contributed by atoms with E-state index >= 15 is 0 Å². The van der Waals surface area contributed by atoms with Crippen molar-refractivity contribution in [3.05, 3.63) is 46.5 Å². The highest BCUT2D eigenvalue weighted by molar-refractivity contribution is 6.35. The molecule has 5 rings (SSSR count). The Kier molecular flexibility index (Phi) is 12.7. The van der Waals surface area contributed by atoms with Crippen LogP contribution in [0, 0.1) is 5.41 Å². The number of nitrogens with one attached hydrogen (secondary N) is 1. The van der Waals surface area contributed by atoms with Gasteiger partial charge in [-0.3, -0.25) is 14.9 Å². The molecule has 2 saturated heterocycles. The van der Waals surface area contributed by atoms with Gasteiger partial charge in [0.05, 0.1) is 19.2 Å². The summed E-state index contributed by atoms with van der Waals surface area (Å²) >= 11 is 6.76. The number of halogens is 1. The Labute approximate surface area is 317 Å². The summed E-state index contributed by atoms with van der Waals surface area (Å²) in [6.07, 6.45) is 2.49. The normalized spacial score (nSPS) is 31.5. The van der Waals surface area contributed by atoms with E-state index in [4.69, 9.17) is 35.3 Å². The van der Waals surface area contributed by atoms with Crippen molar-refractivity contribution in [3.8, 4) is 5.75 Å². The molecule has 4 heterocycles. The van der Waals surface area contributed by atoms with E-state index in [1.807, 2.05) is 33.8 Å². The summed E-state index contributed by atoms with van der Waals surface area (Å²) in [6, 6.07) is 2.63. The Morgan fingerprint density at radius 3 is 2.45 bits per heavy atom. The summed E-state index contributed by atoms with van der Waals surface area (Å²) in [6.45, 7) is 13.1. The molecular weight excluding hydrogens is 706 g/mol. The molecule has 1 aromatic carbocycles. The second-order valence-electron chi connectivity index (χ2n) is 16.2. The third-order valence-corrected chi connectivity index (χ3v) is 10.9. The zero-order chi connectivity index (χ0) is 39.7. The first kappa shape index (κ1) is 42.1. The van der Waals surface area contributed by atoms with Crippen molar-refractivity contribution in [2.75, 3.05) is 33.2 Å². The molecule has 2 N–H and O–H groups in total. The number of benzene rings is 1. The molecule has 6 unspecified atom stereocenters. The fourth-order valence-corrected chi connectivity index (χ4v) is 7.48. The van der Waals surface area contributed by atoms with Gasteiger partial charge in [-0.1, -0.05) is 56.2 Å². The molecule has 0 aromatic heterocycles. The van der Waals surface area contributed by atoms with E-state index in [2.05, 4.69) is 5.32 Å². The smallest absolute Gasteiger partial charge is 0.409 e. The maximum atomic E-state index is 14.1. The molecule has 4 aliphatic heterocycles. The topological polar surface area (TPSA) is 153 Å². The van der Waals surface area contributed by atoms with E-state index in [0.717, 1.165) is 11.1 Å². The zero-order valence-electron chi connectivity index (χ0n) is 32.8. The van der Waals surface area contributed by atoms with Crippen molar-refractivity contribution < 1.29 is 48.0 Å². The number of ether oxygens (including phenoxy) is 5. The van der Waals surface area contributed by atoms with Crippen LogP contribution < -0.4 is 15.0 Å². The third-order valence-electron chi connectivity index (χ3n) is 10.5. The van der Waals surface area contributed by atoms with Crippen LogP contribution in [0.25, 0.3) is 0 Å². The quantitative estimate of drug-likeness (QED) is 0.342. The highest BCUT2D eigenvalue weighted by atomic mass is 35.5. The van der Waals surface area contributed by atoms with E-state index < -0.39 is 59.3 Å². The van der Waals surface area contributed by atoms with Gasteiger partial charge < -0.3 is 38.6 Å². The third kappa shape index (κ3) is 9.54. The minimum absolute atomic E-state index is 0.0712. The number of aliphatic hydroxyl groups is 1. The van der Waals surface area contributed by atoms with Crippen LogP contribution in [0.15, 0.2) is 35.9 Å². The Morgan fingerprint density at radius 2 is 1.85 bits per heavy atom. The molecule has 14 heteroatoms. The van der Waals surface area contributed by atoms with Crippen LogP contribution in [0.2, 0.25) is 5.02 Å². The van der Waals surface area contributed by atoms with Crippen molar-refractivity contribution in [3.63, 3.8) is 0 Å². The summed E-state index contributed by atoms with van der Waals surface area (Å²) in [4.78, 5) is 56.6. The van der Waals surface area contributed by atoms with Crippen LogP contribution in [0.3, 0.4) is 0 Å². The maximum Gasteiger partial charge on any atom is 0.409 e. The molecule has 2 fully saturated rings. The fraction of sp³-hybridized carbons (Fsp3) is 0.641. The van der Waals surface area contributed by atoms with E-state index in [0.29, 0.717) is 24.3 Å². The van der Waals surface area contributed by atoms with Crippen molar-refractivity contribution in [2.24, 2.45) is 5.41 Å². The van der Waals surface area contributed by atoms with Crippen LogP contribution in [0.1, 0.15) is 86.1 Å². The molecule has 1 aromatic rings. The molecule has 0 radical (unpaired) electrons. The van der Waals surface area contributed by atoms with Gasteiger partial charge in [-0.15, -0.1) is 0 Å². The SMILES string of the molecule is COc1cc2cc(c1Cl)N(C)C(=O)CC(OC(=O)[C@H](C)N(C)C(=O)CCC(C)(C)C)C1(C)CC(C)(O1)C1CC(O)(NC(=O)O1)C(OC)/C=C/C=C(\C)C2. The van der Waals surface area contributed by atoms with Gasteiger partial charge in [0.25, 0.3) is 0 Å². The number of anilines is 1. The van der Waals surface area contributed by atoms with Gasteiger partial charge in [-0.2, -0.15) is 0 Å². The Hall–Kier alpha value is -3.65. The fourth-order valence-electron chi connectivity index (χ4n) is 7.17. The van der Waals surface area contributed by atoms with E-state index in [9.17, 15) is 24.3 Å². The molecule has 0 saturated carbocycles. The number of carbonyl (C=O) groups is 4. The molecule has 3 amide bonds. The van der Waals surface area contributed by atoms with Crippen LogP contribution >= 0.6 is 11.6 Å². The number of amides is 3. The first-order chi connectivity index (χ1) is 24.5. The minimum Gasteiger partial charge on any atom is -0.495 e. The molecule has 13 nitrogen and oxygen atoms in total. The Bertz CT molecular complexity index is 1630. The standard InChI is InChI=1S/C39H56ClN3O10/c1-23-13-12-14-28(50-11)39(48)21-30(52-35(47)41-39)38(7)22-37(6,53-38)29(51-34(46)24(2)42(8)31(44)15-16-36(3,4)5)20-32(45)43(9)26-18-25(17-23)19-27(49-10)33(26)40/h12-14,18-19,24,28-30,48H,15-17,20-22H2,1-11H3,(H,41,47)/b14-12+,23-13+/t24-,28?,29?,30?,37?,38?,39?/m0/s1. The van der Waals surface area contributed by atoms with Crippen molar-refractivity contribution >= 4 is 41.2 Å². The summed E-state index contributed by atoms with van der Waals surface area (Å²) in [5.74, 6) is -0.977. The first-order valence-corrected chi connectivity index (χ1v) is 18.3. The highest BCUT2D eigenvalue weighted by Crippen LogP contribution is 2.50. The Morgan fingerprint density at radius 1 is 1.19 bits per heavy atom. The molecule has 4 aliphatic rings. The van der Waals surface area contributed by atoms with Gasteiger partial charge in [0.15, 0.2) is 5.72 Å². The largest absolute Gasteiger partial charge is 0.495 e. The Balaban J connectivity index is 1.74. The number of esters is 1. The highest BCUT2D eigenvalue weighted by Gasteiger charge is 2.63. The average Bonchev–Trinajstić information content (AvgIpc) is 3.06. The van der Waals surface area contributed by atoms with Gasteiger partial charge in [-0.25, -0.2) is 9.59 Å². The van der Waals surface area contributed by atoms with Crippen LogP contribution in [0.4, 0.5) is 10.5 Å². The molecular formula is C39H56ClN3O10. The lowest BCUT2D eigenvalue weighted by molar-refractivity contribution is -0.328. The van der Waals surface area contributed by atoms with Crippen LogP contribution in [-0.2, 0) is 39.8 Å². The summed E-state index contributed by atoms with van der Waals surface area (Å²) in [5, 5.41) is 14.5. The number of likely N-dealkylation sites (N-methyl/N-ethyl adjacent to an activating group) is 1. The van der Waals surface area contributed by atoms with Gasteiger partial charge in [0, 0.05) is 40.5 Å². The number of carbonyl (C=O) groups excluding carboxylic acids is 4. The predicted molar refractivity (Wildman–Crippen MR) is 200 cm³/mol. The lowest BCUT2D eigenvalue weighted by Gasteiger charge is -2.59. The number of hydrogen-bond donors (Lipinski definition) is 2.